The molecule has 0 unspecified atom stereocenters. The van der Waals surface area contributed by atoms with E-state index in [-0.39, 0.29) is 0 Å². The number of rotatable bonds is 2. The van der Waals surface area contributed by atoms with Crippen LogP contribution in [0.5, 0.6) is 0 Å². The molecule has 4 fully saturated rings. The summed E-state index contributed by atoms with van der Waals surface area (Å²) in [4.78, 5) is 0. The fourth-order valence-electron chi connectivity index (χ4n) is 5.25. The van der Waals surface area contributed by atoms with E-state index in [2.05, 4.69) is 17.7 Å². The molecule has 2 N–H and O–H groups in total. The van der Waals surface area contributed by atoms with E-state index in [9.17, 15) is 0 Å². The Morgan fingerprint density at radius 1 is 1.17 bits per heavy atom. The lowest BCUT2D eigenvalue weighted by molar-refractivity contribution is -0.0344. The molecule has 4 aliphatic rings. The SMILES string of the molecule is Cc1cc(CN)nn1C1C2CC3CC(C2)CC1C3. The fraction of sp³-hybridized carbons (Fsp3) is 0.800. The van der Waals surface area contributed by atoms with Crippen LogP contribution in [0.25, 0.3) is 0 Å². The largest absolute Gasteiger partial charge is 0.325 e. The summed E-state index contributed by atoms with van der Waals surface area (Å²) in [5.41, 5.74) is 8.10. The Morgan fingerprint density at radius 2 is 1.78 bits per heavy atom. The van der Waals surface area contributed by atoms with Crippen LogP contribution in [0.3, 0.4) is 0 Å². The first-order valence-corrected chi connectivity index (χ1v) is 7.49. The van der Waals surface area contributed by atoms with E-state index in [1.165, 1.54) is 37.8 Å². The minimum absolute atomic E-state index is 0.571. The van der Waals surface area contributed by atoms with Crippen molar-refractivity contribution in [3.8, 4) is 0 Å². The van der Waals surface area contributed by atoms with Crippen molar-refractivity contribution in [2.75, 3.05) is 0 Å². The Hall–Kier alpha value is -0.830. The van der Waals surface area contributed by atoms with Crippen LogP contribution >= 0.6 is 0 Å². The van der Waals surface area contributed by atoms with Crippen molar-refractivity contribution >= 4 is 0 Å². The average molecular weight is 245 g/mol. The van der Waals surface area contributed by atoms with E-state index >= 15 is 0 Å². The molecule has 0 radical (unpaired) electrons. The molecule has 4 bridgehead atoms. The Kier molecular flexibility index (Phi) is 2.35. The molecule has 0 aromatic carbocycles. The number of hydrogen-bond donors (Lipinski definition) is 1. The highest BCUT2D eigenvalue weighted by molar-refractivity contribution is 5.12. The van der Waals surface area contributed by atoms with Crippen molar-refractivity contribution in [2.45, 2.75) is 51.6 Å². The zero-order valence-corrected chi connectivity index (χ0v) is 11.2. The van der Waals surface area contributed by atoms with Crippen molar-refractivity contribution in [1.82, 2.24) is 9.78 Å². The van der Waals surface area contributed by atoms with Crippen molar-refractivity contribution < 1.29 is 0 Å². The van der Waals surface area contributed by atoms with Gasteiger partial charge in [-0.25, -0.2) is 0 Å². The van der Waals surface area contributed by atoms with E-state index in [1.54, 1.807) is 0 Å². The van der Waals surface area contributed by atoms with Crippen LogP contribution in [0.4, 0.5) is 0 Å². The van der Waals surface area contributed by atoms with Gasteiger partial charge in [0.2, 0.25) is 0 Å². The second kappa shape index (κ2) is 3.83. The van der Waals surface area contributed by atoms with Gasteiger partial charge in [0.05, 0.1) is 11.7 Å². The molecular weight excluding hydrogens is 222 g/mol. The summed E-state index contributed by atoms with van der Waals surface area (Å²) in [6.07, 6.45) is 7.33. The van der Waals surface area contributed by atoms with Crippen LogP contribution < -0.4 is 5.73 Å². The maximum atomic E-state index is 5.73. The third-order valence-electron chi connectivity index (χ3n) is 5.64. The first kappa shape index (κ1) is 11.0. The zero-order chi connectivity index (χ0) is 12.3. The second-order valence-corrected chi connectivity index (χ2v) is 6.85. The van der Waals surface area contributed by atoms with Gasteiger partial charge in [-0.05, 0) is 68.8 Å². The average Bonchev–Trinajstić information content (AvgIpc) is 2.69. The molecule has 3 heteroatoms. The molecule has 0 atom stereocenters. The van der Waals surface area contributed by atoms with Gasteiger partial charge in [-0.3, -0.25) is 4.68 Å². The Balaban J connectivity index is 1.69. The molecule has 0 spiro atoms. The summed E-state index contributed by atoms with van der Waals surface area (Å²) in [5, 5.41) is 4.77. The quantitative estimate of drug-likeness (QED) is 0.870. The molecule has 1 heterocycles. The topological polar surface area (TPSA) is 43.8 Å². The summed E-state index contributed by atoms with van der Waals surface area (Å²) < 4.78 is 2.33. The lowest BCUT2D eigenvalue weighted by Crippen LogP contribution is -2.46. The monoisotopic (exact) mass is 245 g/mol. The van der Waals surface area contributed by atoms with Gasteiger partial charge in [-0.2, -0.15) is 5.10 Å². The highest BCUT2D eigenvalue weighted by Crippen LogP contribution is 2.58. The molecule has 1 aromatic heterocycles. The first-order chi connectivity index (χ1) is 8.74. The number of hydrogen-bond acceptors (Lipinski definition) is 2. The van der Waals surface area contributed by atoms with Gasteiger partial charge in [0.1, 0.15) is 0 Å². The first-order valence-electron chi connectivity index (χ1n) is 7.49. The summed E-state index contributed by atoms with van der Waals surface area (Å²) in [5.74, 6) is 3.86. The molecule has 4 saturated carbocycles. The minimum Gasteiger partial charge on any atom is -0.325 e. The van der Waals surface area contributed by atoms with E-state index in [1.807, 2.05) is 0 Å². The molecular formula is C15H23N3. The van der Waals surface area contributed by atoms with Crippen molar-refractivity contribution in [2.24, 2.45) is 29.4 Å². The van der Waals surface area contributed by atoms with Crippen molar-refractivity contribution in [1.29, 1.82) is 0 Å². The lowest BCUT2D eigenvalue weighted by atomic mass is 9.54. The Bertz CT molecular complexity index is 434. The van der Waals surface area contributed by atoms with Gasteiger partial charge in [-0.1, -0.05) is 0 Å². The molecule has 3 nitrogen and oxygen atoms in total. The highest BCUT2D eigenvalue weighted by Gasteiger charge is 2.49. The molecule has 0 aliphatic heterocycles. The molecule has 18 heavy (non-hydrogen) atoms. The van der Waals surface area contributed by atoms with Gasteiger partial charge in [-0.15, -0.1) is 0 Å². The number of nitrogens with two attached hydrogens (primary N) is 1. The molecule has 98 valence electrons. The smallest absolute Gasteiger partial charge is 0.0763 e. The fourth-order valence-corrected chi connectivity index (χ4v) is 5.25. The van der Waals surface area contributed by atoms with Gasteiger partial charge in [0.25, 0.3) is 0 Å². The number of nitrogens with zero attached hydrogens (tertiary/aromatic N) is 2. The lowest BCUT2D eigenvalue weighted by Gasteiger charge is -2.54. The predicted octanol–water partition coefficient (Wildman–Crippen LogP) is 2.65. The van der Waals surface area contributed by atoms with E-state index in [0.29, 0.717) is 12.6 Å². The van der Waals surface area contributed by atoms with Crippen LogP contribution in [0, 0.1) is 30.6 Å². The maximum absolute atomic E-state index is 5.73. The third kappa shape index (κ3) is 1.49. The molecule has 1 aromatic rings. The molecule has 0 amide bonds. The van der Waals surface area contributed by atoms with Crippen LogP contribution in [0.1, 0.15) is 49.5 Å². The highest BCUT2D eigenvalue weighted by atomic mass is 15.3. The summed E-state index contributed by atoms with van der Waals surface area (Å²) in [6, 6.07) is 2.85. The summed E-state index contributed by atoms with van der Waals surface area (Å²) in [6.45, 7) is 2.76. The van der Waals surface area contributed by atoms with Gasteiger partial charge in [0.15, 0.2) is 0 Å². The molecule has 5 rings (SSSR count). The van der Waals surface area contributed by atoms with Crippen molar-refractivity contribution in [3.05, 3.63) is 17.5 Å². The Labute approximate surface area is 109 Å². The standard InChI is InChI=1S/C15H23N3/c1-9-2-14(8-16)17-18(9)15-12-4-10-3-11(6-12)7-13(15)5-10/h2,10-13,15H,3-8,16H2,1H3. The normalized spacial score (nSPS) is 41.6. The van der Waals surface area contributed by atoms with Gasteiger partial charge >= 0.3 is 0 Å². The summed E-state index contributed by atoms with van der Waals surface area (Å²) in [7, 11) is 0. The Morgan fingerprint density at radius 3 is 2.28 bits per heavy atom. The third-order valence-corrected chi connectivity index (χ3v) is 5.64. The number of aromatic nitrogens is 2. The van der Waals surface area contributed by atoms with Crippen molar-refractivity contribution in [3.63, 3.8) is 0 Å². The van der Waals surface area contributed by atoms with E-state index in [0.717, 1.165) is 29.4 Å². The van der Waals surface area contributed by atoms with Gasteiger partial charge in [0, 0.05) is 12.2 Å². The predicted molar refractivity (Wildman–Crippen MR) is 70.9 cm³/mol. The van der Waals surface area contributed by atoms with Crippen LogP contribution in [0.2, 0.25) is 0 Å². The minimum atomic E-state index is 0.571. The maximum Gasteiger partial charge on any atom is 0.0763 e. The van der Waals surface area contributed by atoms with Crippen LogP contribution in [-0.2, 0) is 6.54 Å². The second-order valence-electron chi connectivity index (χ2n) is 6.85. The summed E-state index contributed by atoms with van der Waals surface area (Å²) >= 11 is 0. The van der Waals surface area contributed by atoms with Crippen LogP contribution in [-0.4, -0.2) is 9.78 Å². The molecule has 0 saturated heterocycles. The van der Waals surface area contributed by atoms with Gasteiger partial charge < -0.3 is 5.73 Å². The van der Waals surface area contributed by atoms with Crippen LogP contribution in [0.15, 0.2) is 6.07 Å². The van der Waals surface area contributed by atoms with E-state index in [4.69, 9.17) is 10.8 Å². The van der Waals surface area contributed by atoms with E-state index < -0.39 is 0 Å². The molecule has 4 aliphatic carbocycles. The number of aryl methyl sites for hydroxylation is 1. The zero-order valence-electron chi connectivity index (χ0n) is 11.2.